The number of halogens is 7. The molecule has 0 spiro atoms. The molecule has 274 valence electrons. The van der Waals surface area contributed by atoms with E-state index in [-0.39, 0.29) is 48.7 Å². The lowest BCUT2D eigenvalue weighted by molar-refractivity contribution is -0.142. The molecule has 8 rings (SSSR count). The molecule has 3 aliphatic rings. The summed E-state index contributed by atoms with van der Waals surface area (Å²) in [5.74, 6) is -3.55. The third kappa shape index (κ3) is 6.03. The van der Waals surface area contributed by atoms with E-state index in [1.54, 1.807) is 19.1 Å². The lowest BCUT2D eigenvalue weighted by Gasteiger charge is -2.30. The van der Waals surface area contributed by atoms with E-state index in [2.05, 4.69) is 37.4 Å². The summed E-state index contributed by atoms with van der Waals surface area (Å²) in [7, 11) is 0. The molecule has 1 saturated heterocycles. The van der Waals surface area contributed by atoms with Crippen molar-refractivity contribution in [2.24, 2.45) is 5.92 Å². The molecule has 18 heteroatoms. The van der Waals surface area contributed by atoms with Gasteiger partial charge in [-0.05, 0) is 73.6 Å². The number of nitrogens with zero attached hydrogens (tertiary/aromatic N) is 5. The van der Waals surface area contributed by atoms with Crippen LogP contribution < -0.4 is 11.0 Å². The number of fused-ring (bicyclic) bond motifs is 4. The van der Waals surface area contributed by atoms with E-state index >= 15 is 8.78 Å². The van der Waals surface area contributed by atoms with Crippen LogP contribution in [0.15, 0.2) is 47.3 Å². The number of carbonyl (C=O) groups excluding carboxylic acids is 1. The third-order valence-electron chi connectivity index (χ3n) is 9.66. The number of hydrogen-bond acceptors (Lipinski definition) is 7. The highest BCUT2D eigenvalue weighted by Crippen LogP contribution is 2.68. The summed E-state index contributed by atoms with van der Waals surface area (Å²) in [6.45, 7) is 0.445. The number of amides is 1. The van der Waals surface area contributed by atoms with Crippen molar-refractivity contribution >= 4 is 11.6 Å². The first-order valence-corrected chi connectivity index (χ1v) is 16.2. The molecule has 53 heavy (non-hydrogen) atoms. The summed E-state index contributed by atoms with van der Waals surface area (Å²) in [6.07, 6.45) is -5.55. The Kier molecular flexibility index (Phi) is 7.82. The Labute approximate surface area is 293 Å². The maximum Gasteiger partial charge on any atom is 0.435 e. The molecule has 5 heterocycles. The van der Waals surface area contributed by atoms with E-state index in [0.29, 0.717) is 27.6 Å². The van der Waals surface area contributed by atoms with Crippen LogP contribution >= 0.6 is 0 Å². The topological polar surface area (TPSA) is 139 Å². The molecule has 4 aromatic heterocycles. The van der Waals surface area contributed by atoms with E-state index in [0.717, 1.165) is 12.1 Å². The van der Waals surface area contributed by atoms with Crippen LogP contribution in [0.4, 0.5) is 30.7 Å². The third-order valence-corrected chi connectivity index (χ3v) is 9.66. The van der Waals surface area contributed by atoms with Crippen LogP contribution in [0.3, 0.4) is 0 Å². The lowest BCUT2D eigenvalue weighted by atomic mass is 9.94. The van der Waals surface area contributed by atoms with Crippen molar-refractivity contribution < 1.29 is 45.4 Å². The average Bonchev–Trinajstić information content (AvgIpc) is 3.56. The first-order chi connectivity index (χ1) is 25.0. The molecule has 1 aliphatic heterocycles. The Balaban J connectivity index is 1.24. The van der Waals surface area contributed by atoms with Gasteiger partial charge < -0.3 is 15.2 Å². The second kappa shape index (κ2) is 12.0. The van der Waals surface area contributed by atoms with Crippen molar-refractivity contribution in [2.45, 2.75) is 56.0 Å². The Hall–Kier alpha value is -5.54. The summed E-state index contributed by atoms with van der Waals surface area (Å²) in [6, 6.07) is 7.51. The van der Waals surface area contributed by atoms with Gasteiger partial charge in [0, 0.05) is 34.4 Å². The van der Waals surface area contributed by atoms with Crippen molar-refractivity contribution in [3.05, 3.63) is 104 Å². The molecule has 5 aromatic rings. The number of ether oxygens (including phenoxy) is 1. The minimum absolute atomic E-state index is 0.0268. The highest BCUT2D eigenvalue weighted by atomic mass is 19.4. The number of aliphatic hydroxyl groups is 1. The van der Waals surface area contributed by atoms with Gasteiger partial charge in [0.2, 0.25) is 5.91 Å². The molecular weight excluding hydrogens is 715 g/mol. The summed E-state index contributed by atoms with van der Waals surface area (Å²) < 4.78 is 108. The summed E-state index contributed by atoms with van der Waals surface area (Å²) >= 11 is 0. The smallest absolute Gasteiger partial charge is 0.373 e. The Bertz CT molecular complexity index is 2440. The van der Waals surface area contributed by atoms with Gasteiger partial charge in [0.15, 0.2) is 16.9 Å². The van der Waals surface area contributed by atoms with Crippen LogP contribution in [-0.4, -0.2) is 59.2 Å². The fraction of sp³-hybridized carbons (Fsp3) is 0.343. The highest BCUT2D eigenvalue weighted by molar-refractivity contribution is 5.78. The minimum Gasteiger partial charge on any atom is -0.373 e. The number of H-pyrrole nitrogens is 1. The molecular formula is C35H26F7N7O4. The van der Waals surface area contributed by atoms with Crippen LogP contribution in [0, 0.1) is 36.3 Å². The Morgan fingerprint density at radius 3 is 2.53 bits per heavy atom. The summed E-state index contributed by atoms with van der Waals surface area (Å²) in [4.78, 5) is 31.0. The normalized spacial score (nSPS) is 19.9. The number of aromatic amines is 1. The number of pyridine rings is 2. The quantitative estimate of drug-likeness (QED) is 0.167. The number of aromatic nitrogens is 6. The molecule has 0 radical (unpaired) electrons. The van der Waals surface area contributed by atoms with Gasteiger partial charge in [-0.25, -0.2) is 28.1 Å². The number of aryl methyl sites for hydroxylation is 1. The van der Waals surface area contributed by atoms with Crippen molar-refractivity contribution in [3.63, 3.8) is 0 Å². The van der Waals surface area contributed by atoms with E-state index in [4.69, 9.17) is 4.74 Å². The predicted molar refractivity (Wildman–Crippen MR) is 169 cm³/mol. The number of hydrogen-bond donors (Lipinski definition) is 3. The fourth-order valence-corrected chi connectivity index (χ4v) is 7.16. The predicted octanol–water partition coefficient (Wildman–Crippen LogP) is 4.31. The zero-order valence-electron chi connectivity index (χ0n) is 27.4. The second-order valence-corrected chi connectivity index (χ2v) is 13.4. The molecule has 11 nitrogen and oxygen atoms in total. The standard InChI is InChI=1S/C35H26F7N7O4/c1-16-21(4-5-26-45-46-32(51)49(16)26)22-3-2-20(6-7-33(52)14-53-15-33)43-29(22)25(10-17-8-18(36)11-19(37)9-17)44-27(50)13-48-31-28(30(47-48)35(40,41)42)23-12-24(23)34(31,38)39/h2-5,8-9,11,23-25,52H,10,12-15H2,1H3,(H,44,50)(H,46,51)/t23?,24?,25-/m0/s1. The van der Waals surface area contributed by atoms with Crippen molar-refractivity contribution in [1.29, 1.82) is 0 Å². The van der Waals surface area contributed by atoms with E-state index in [1.807, 2.05) is 0 Å². The number of alkyl halides is 5. The Morgan fingerprint density at radius 1 is 1.13 bits per heavy atom. The zero-order chi connectivity index (χ0) is 37.6. The maximum atomic E-state index is 15.3. The van der Waals surface area contributed by atoms with Gasteiger partial charge in [-0.3, -0.25) is 9.48 Å². The molecule has 1 amide bonds. The SMILES string of the molecule is Cc1c(-c2ccc(C#CC3(O)COC3)nc2[C@H](Cc2cc(F)cc(F)c2)NC(=O)Cn2nc(C(F)(F)F)c3c2C(F)(F)C2CC32)ccc2n[nH]c(=O)n12. The van der Waals surface area contributed by atoms with Gasteiger partial charge in [-0.1, -0.05) is 5.92 Å². The van der Waals surface area contributed by atoms with Gasteiger partial charge >= 0.3 is 11.9 Å². The summed E-state index contributed by atoms with van der Waals surface area (Å²) in [5, 5.41) is 22.8. The van der Waals surface area contributed by atoms with Gasteiger partial charge in [0.25, 0.3) is 5.92 Å². The second-order valence-electron chi connectivity index (χ2n) is 13.4. The zero-order valence-corrected chi connectivity index (χ0v) is 27.4. The van der Waals surface area contributed by atoms with Crippen LogP contribution in [-0.2, 0) is 34.6 Å². The van der Waals surface area contributed by atoms with Crippen LogP contribution in [0.2, 0.25) is 0 Å². The Morgan fingerprint density at radius 2 is 1.85 bits per heavy atom. The molecule has 2 aliphatic carbocycles. The van der Waals surface area contributed by atoms with Gasteiger partial charge in [0.1, 0.15) is 29.6 Å². The molecule has 2 fully saturated rings. The van der Waals surface area contributed by atoms with Crippen LogP contribution in [0.1, 0.15) is 58.0 Å². The highest BCUT2D eigenvalue weighted by Gasteiger charge is 2.68. The van der Waals surface area contributed by atoms with Crippen LogP contribution in [0.25, 0.3) is 16.8 Å². The van der Waals surface area contributed by atoms with E-state index in [1.165, 1.54) is 16.5 Å². The number of rotatable bonds is 7. The fourth-order valence-electron chi connectivity index (χ4n) is 7.16. The van der Waals surface area contributed by atoms with Gasteiger partial charge in [0.05, 0.1) is 24.9 Å². The maximum absolute atomic E-state index is 15.3. The molecule has 2 unspecified atom stereocenters. The monoisotopic (exact) mass is 741 g/mol. The molecule has 3 N–H and O–H groups in total. The number of carbonyl (C=O) groups is 1. The van der Waals surface area contributed by atoms with Gasteiger partial charge in [-0.2, -0.15) is 32.1 Å². The minimum atomic E-state index is -5.06. The van der Waals surface area contributed by atoms with E-state index < -0.39 is 82.3 Å². The van der Waals surface area contributed by atoms with Crippen molar-refractivity contribution in [1.82, 2.24) is 34.7 Å². The molecule has 1 aromatic carbocycles. The summed E-state index contributed by atoms with van der Waals surface area (Å²) in [5.41, 5.74) is -3.61. The van der Waals surface area contributed by atoms with Crippen molar-refractivity contribution in [2.75, 3.05) is 13.2 Å². The largest absolute Gasteiger partial charge is 0.435 e. The molecule has 1 saturated carbocycles. The first kappa shape index (κ1) is 34.5. The number of nitrogens with one attached hydrogen (secondary N) is 2. The first-order valence-electron chi connectivity index (χ1n) is 16.2. The molecule has 0 bridgehead atoms. The number of benzene rings is 1. The van der Waals surface area contributed by atoms with Crippen LogP contribution in [0.5, 0.6) is 0 Å². The van der Waals surface area contributed by atoms with Crippen molar-refractivity contribution in [3.8, 4) is 23.0 Å². The van der Waals surface area contributed by atoms with Gasteiger partial charge in [-0.15, -0.1) is 0 Å². The molecule has 3 atom stereocenters. The lowest BCUT2D eigenvalue weighted by Crippen LogP contribution is -2.48. The van der Waals surface area contributed by atoms with E-state index in [9.17, 15) is 36.6 Å². The average molecular weight is 742 g/mol.